The zero-order valence-electron chi connectivity index (χ0n) is 16.1. The van der Waals surface area contributed by atoms with Crippen molar-refractivity contribution in [2.45, 2.75) is 44.2 Å². The van der Waals surface area contributed by atoms with Crippen molar-refractivity contribution in [2.24, 2.45) is 5.92 Å². The van der Waals surface area contributed by atoms with Crippen LogP contribution in [0.2, 0.25) is 0 Å². The molecule has 1 unspecified atom stereocenters. The third-order valence-corrected chi connectivity index (χ3v) is 6.28. The van der Waals surface area contributed by atoms with Crippen molar-refractivity contribution < 1.29 is 4.74 Å². The van der Waals surface area contributed by atoms with Gasteiger partial charge in [0, 0.05) is 13.7 Å². The van der Waals surface area contributed by atoms with E-state index in [0.717, 1.165) is 6.54 Å². The molecule has 1 saturated heterocycles. The number of rotatable bonds is 6. The maximum Gasteiger partial charge on any atom is 0.0991 e. The molecule has 0 N–H and O–H groups in total. The lowest BCUT2D eigenvalue weighted by Crippen LogP contribution is -2.28. The molecule has 0 spiro atoms. The Kier molecular flexibility index (Phi) is 5.57. The van der Waals surface area contributed by atoms with Crippen LogP contribution in [0.15, 0.2) is 48.5 Å². The molecule has 1 aliphatic carbocycles. The van der Waals surface area contributed by atoms with Crippen LogP contribution < -0.4 is 0 Å². The number of hydrogen-bond donors (Lipinski definition) is 0. The largest absolute Gasteiger partial charge is 0.376 e. The van der Waals surface area contributed by atoms with Gasteiger partial charge in [0.1, 0.15) is 0 Å². The smallest absolute Gasteiger partial charge is 0.0991 e. The highest BCUT2D eigenvalue weighted by Crippen LogP contribution is 2.48. The second kappa shape index (κ2) is 8.25. The first-order valence-corrected chi connectivity index (χ1v) is 10.1. The summed E-state index contributed by atoms with van der Waals surface area (Å²) in [5, 5.41) is 8.97. The number of methoxy groups -OCH3 is 1. The Morgan fingerprint density at radius 1 is 1.04 bits per heavy atom. The van der Waals surface area contributed by atoms with E-state index >= 15 is 0 Å². The normalized spacial score (nSPS) is 23.6. The van der Waals surface area contributed by atoms with Crippen molar-refractivity contribution in [3.63, 3.8) is 0 Å². The van der Waals surface area contributed by atoms with Crippen LogP contribution in [0.3, 0.4) is 0 Å². The van der Waals surface area contributed by atoms with Crippen LogP contribution in [-0.2, 0) is 11.3 Å². The zero-order chi connectivity index (χ0) is 18.6. The molecule has 0 aromatic heterocycles. The number of benzene rings is 2. The minimum atomic E-state index is 0.128. The molecule has 27 heavy (non-hydrogen) atoms. The minimum absolute atomic E-state index is 0.128. The van der Waals surface area contributed by atoms with Crippen LogP contribution in [0.4, 0.5) is 0 Å². The van der Waals surface area contributed by atoms with Crippen molar-refractivity contribution in [1.82, 2.24) is 4.90 Å². The highest BCUT2D eigenvalue weighted by atomic mass is 16.5. The minimum Gasteiger partial charge on any atom is -0.376 e. The number of likely N-dealkylation sites (tertiary alicyclic amines) is 1. The van der Waals surface area contributed by atoms with E-state index in [1.807, 2.05) is 24.3 Å². The molecule has 3 nitrogen and oxygen atoms in total. The number of ether oxygens (including phenoxy) is 1. The van der Waals surface area contributed by atoms with Crippen LogP contribution in [0.5, 0.6) is 0 Å². The van der Waals surface area contributed by atoms with Crippen LogP contribution in [0.1, 0.15) is 60.0 Å². The van der Waals surface area contributed by atoms with Gasteiger partial charge in [0.15, 0.2) is 0 Å². The van der Waals surface area contributed by atoms with E-state index in [1.54, 1.807) is 7.11 Å². The van der Waals surface area contributed by atoms with Gasteiger partial charge in [0.05, 0.1) is 17.7 Å². The Balaban J connectivity index is 1.34. The van der Waals surface area contributed by atoms with Gasteiger partial charge in [0.25, 0.3) is 0 Å². The average Bonchev–Trinajstić information content (AvgIpc) is 3.18. The topological polar surface area (TPSA) is 36.3 Å². The van der Waals surface area contributed by atoms with E-state index in [4.69, 9.17) is 10.00 Å². The van der Waals surface area contributed by atoms with Gasteiger partial charge in [-0.2, -0.15) is 5.26 Å². The van der Waals surface area contributed by atoms with Gasteiger partial charge in [0.2, 0.25) is 0 Å². The van der Waals surface area contributed by atoms with E-state index in [9.17, 15) is 0 Å². The van der Waals surface area contributed by atoms with E-state index in [2.05, 4.69) is 35.2 Å². The summed E-state index contributed by atoms with van der Waals surface area (Å²) in [5.41, 5.74) is 4.78. The van der Waals surface area contributed by atoms with Crippen molar-refractivity contribution in [2.75, 3.05) is 20.2 Å². The fourth-order valence-electron chi connectivity index (χ4n) is 4.62. The molecule has 1 heterocycles. The van der Waals surface area contributed by atoms with Crippen molar-refractivity contribution in [1.29, 1.82) is 5.26 Å². The van der Waals surface area contributed by atoms with Crippen molar-refractivity contribution in [3.05, 3.63) is 70.8 Å². The Morgan fingerprint density at radius 2 is 1.70 bits per heavy atom. The molecular formula is C24H28N2O. The predicted molar refractivity (Wildman–Crippen MR) is 107 cm³/mol. The fourth-order valence-corrected chi connectivity index (χ4v) is 4.62. The summed E-state index contributed by atoms with van der Waals surface area (Å²) < 4.78 is 5.80. The summed E-state index contributed by atoms with van der Waals surface area (Å²) in [7, 11) is 1.79. The third kappa shape index (κ3) is 4.08. The van der Waals surface area contributed by atoms with Crippen LogP contribution >= 0.6 is 0 Å². The fraction of sp³-hybridized carbons (Fsp3) is 0.458. The molecule has 1 saturated carbocycles. The Morgan fingerprint density at radius 3 is 2.30 bits per heavy atom. The lowest BCUT2D eigenvalue weighted by molar-refractivity contribution is 0.00848. The van der Waals surface area contributed by atoms with Crippen molar-refractivity contribution >= 4 is 0 Å². The van der Waals surface area contributed by atoms with Gasteiger partial charge in [-0.25, -0.2) is 0 Å². The van der Waals surface area contributed by atoms with Gasteiger partial charge in [-0.05, 0) is 79.4 Å². The Hall–Kier alpha value is -2.15. The number of hydrogen-bond acceptors (Lipinski definition) is 3. The third-order valence-electron chi connectivity index (χ3n) is 6.28. The van der Waals surface area contributed by atoms with Crippen molar-refractivity contribution in [3.8, 4) is 6.07 Å². The van der Waals surface area contributed by atoms with Gasteiger partial charge >= 0.3 is 0 Å². The Bertz CT molecular complexity index is 779. The first-order chi connectivity index (χ1) is 13.3. The average molecular weight is 361 g/mol. The van der Waals surface area contributed by atoms with Gasteiger partial charge < -0.3 is 4.74 Å². The summed E-state index contributed by atoms with van der Waals surface area (Å²) in [5.74, 6) is 1.20. The summed E-state index contributed by atoms with van der Waals surface area (Å²) in [6.07, 6.45) is 5.17. The van der Waals surface area contributed by atoms with Crippen LogP contribution in [0.25, 0.3) is 0 Å². The second-order valence-electron chi connectivity index (χ2n) is 8.04. The summed E-state index contributed by atoms with van der Waals surface area (Å²) >= 11 is 0. The molecule has 2 fully saturated rings. The maximum absolute atomic E-state index is 8.97. The molecule has 2 aromatic rings. The molecule has 0 amide bonds. The van der Waals surface area contributed by atoms with E-state index in [0.29, 0.717) is 17.4 Å². The summed E-state index contributed by atoms with van der Waals surface area (Å²) in [4.78, 5) is 2.55. The molecule has 1 aliphatic heterocycles. The summed E-state index contributed by atoms with van der Waals surface area (Å²) in [6, 6.07) is 19.3. The molecule has 140 valence electrons. The van der Waals surface area contributed by atoms with Crippen LogP contribution in [-0.4, -0.2) is 25.1 Å². The van der Waals surface area contributed by atoms with Gasteiger partial charge in [-0.3, -0.25) is 4.90 Å². The second-order valence-corrected chi connectivity index (χ2v) is 8.04. The molecule has 0 bridgehead atoms. The highest BCUT2D eigenvalue weighted by Gasteiger charge is 2.36. The molecule has 0 radical (unpaired) electrons. The standard InChI is InChI=1S/C24H28N2O/c1-27-24(21-10-4-18(16-25)5-11-21)23-14-22(15-23)20-8-6-19(7-9-20)17-26-12-2-3-13-26/h4-11,22-24H,2-3,12-15,17H2,1H3. The molecular weight excluding hydrogens is 332 g/mol. The molecule has 2 aromatic carbocycles. The molecule has 2 aliphatic rings. The molecule has 1 atom stereocenters. The highest BCUT2D eigenvalue weighted by molar-refractivity contribution is 5.33. The first kappa shape index (κ1) is 18.2. The molecule has 3 heteroatoms. The SMILES string of the molecule is COC(c1ccc(C#N)cc1)C1CC(c2ccc(CN3CCCC3)cc2)C1. The van der Waals surface area contributed by atoms with E-state index < -0.39 is 0 Å². The Labute approximate surface area is 162 Å². The quantitative estimate of drug-likeness (QED) is 0.724. The molecule has 4 rings (SSSR count). The number of nitriles is 1. The van der Waals surface area contributed by atoms with Crippen LogP contribution in [0, 0.1) is 17.2 Å². The summed E-state index contributed by atoms with van der Waals surface area (Å²) in [6.45, 7) is 3.59. The van der Waals surface area contributed by atoms with Gasteiger partial charge in [-0.1, -0.05) is 36.4 Å². The first-order valence-electron chi connectivity index (χ1n) is 10.1. The number of nitrogens with zero attached hydrogens (tertiary/aromatic N) is 2. The maximum atomic E-state index is 8.97. The lowest BCUT2D eigenvalue weighted by Gasteiger charge is -2.40. The lowest BCUT2D eigenvalue weighted by atomic mass is 9.68. The zero-order valence-corrected chi connectivity index (χ0v) is 16.1. The van der Waals surface area contributed by atoms with E-state index in [-0.39, 0.29) is 6.10 Å². The van der Waals surface area contributed by atoms with E-state index in [1.165, 1.54) is 55.5 Å². The predicted octanol–water partition coefficient (Wildman–Crippen LogP) is 5.04. The monoisotopic (exact) mass is 360 g/mol. The van der Waals surface area contributed by atoms with Gasteiger partial charge in [-0.15, -0.1) is 0 Å².